The third-order valence-corrected chi connectivity index (χ3v) is 3.61. The second kappa shape index (κ2) is 7.72. The van der Waals surface area contributed by atoms with E-state index >= 15 is 0 Å². The van der Waals surface area contributed by atoms with Crippen molar-refractivity contribution in [2.45, 2.75) is 33.4 Å². The lowest BCUT2D eigenvalue weighted by Gasteiger charge is -2.16. The summed E-state index contributed by atoms with van der Waals surface area (Å²) in [6.45, 7) is 7.23. The van der Waals surface area contributed by atoms with Crippen LogP contribution in [0.4, 0.5) is 4.39 Å². The summed E-state index contributed by atoms with van der Waals surface area (Å²) >= 11 is 0. The molecule has 2 nitrogen and oxygen atoms in total. The molecule has 3 heteroatoms. The highest BCUT2D eigenvalue weighted by atomic mass is 19.1. The Bertz CT molecular complexity index is 683. The Morgan fingerprint density at radius 3 is 2.55 bits per heavy atom. The Labute approximate surface area is 131 Å². The maximum atomic E-state index is 13.5. The fraction of sp³-hybridized carbons (Fsp3) is 0.316. The van der Waals surface area contributed by atoms with E-state index in [9.17, 15) is 4.39 Å². The summed E-state index contributed by atoms with van der Waals surface area (Å²) in [5, 5.41) is 3.44. The van der Waals surface area contributed by atoms with E-state index in [1.54, 1.807) is 18.2 Å². The van der Waals surface area contributed by atoms with Crippen molar-refractivity contribution in [3.63, 3.8) is 0 Å². The molecule has 0 saturated carbocycles. The highest BCUT2D eigenvalue weighted by Crippen LogP contribution is 2.06. The van der Waals surface area contributed by atoms with E-state index in [0.29, 0.717) is 29.8 Å². The molecule has 0 aliphatic carbocycles. The van der Waals surface area contributed by atoms with Gasteiger partial charge in [-0.1, -0.05) is 38.0 Å². The van der Waals surface area contributed by atoms with Gasteiger partial charge in [-0.3, -0.25) is 0 Å². The van der Waals surface area contributed by atoms with Gasteiger partial charge in [0.05, 0.1) is 11.3 Å². The summed E-state index contributed by atoms with van der Waals surface area (Å²) in [6, 6.07) is 12.7. The molecule has 2 aromatic rings. The van der Waals surface area contributed by atoms with Gasteiger partial charge in [0.2, 0.25) is 0 Å². The highest BCUT2D eigenvalue weighted by molar-refractivity contribution is 5.40. The SMILES string of the molecule is CC(C)[C@@H](C)NCc1cccc(C#Cc2ccccc2F)n1. The van der Waals surface area contributed by atoms with Gasteiger partial charge in [-0.25, -0.2) is 9.37 Å². The molecule has 0 fully saturated rings. The second-order valence-electron chi connectivity index (χ2n) is 5.66. The minimum atomic E-state index is -0.307. The van der Waals surface area contributed by atoms with Crippen LogP contribution in [0.25, 0.3) is 0 Å². The number of hydrogen-bond donors (Lipinski definition) is 1. The van der Waals surface area contributed by atoms with Crippen molar-refractivity contribution in [1.82, 2.24) is 10.3 Å². The largest absolute Gasteiger partial charge is 0.308 e. The van der Waals surface area contributed by atoms with E-state index < -0.39 is 0 Å². The van der Waals surface area contributed by atoms with Crippen LogP contribution in [-0.2, 0) is 6.54 Å². The van der Waals surface area contributed by atoms with E-state index in [-0.39, 0.29) is 5.82 Å². The topological polar surface area (TPSA) is 24.9 Å². The van der Waals surface area contributed by atoms with E-state index in [1.807, 2.05) is 18.2 Å². The molecule has 1 heterocycles. The first-order valence-electron chi connectivity index (χ1n) is 7.52. The fourth-order valence-corrected chi connectivity index (χ4v) is 1.84. The predicted octanol–water partition coefficient (Wildman–Crippen LogP) is 3.75. The normalized spacial score (nSPS) is 11.9. The van der Waals surface area contributed by atoms with Crippen molar-refractivity contribution in [2.24, 2.45) is 5.92 Å². The van der Waals surface area contributed by atoms with Gasteiger partial charge in [0.1, 0.15) is 11.5 Å². The Balaban J connectivity index is 2.08. The van der Waals surface area contributed by atoms with Crippen LogP contribution < -0.4 is 5.32 Å². The molecule has 1 atom stereocenters. The lowest BCUT2D eigenvalue weighted by molar-refractivity contribution is 0.424. The first-order valence-corrected chi connectivity index (χ1v) is 7.52. The Morgan fingerprint density at radius 1 is 1.05 bits per heavy atom. The molecule has 0 bridgehead atoms. The molecular formula is C19H21FN2. The van der Waals surface area contributed by atoms with Crippen molar-refractivity contribution >= 4 is 0 Å². The number of nitrogens with one attached hydrogen (secondary N) is 1. The zero-order valence-corrected chi connectivity index (χ0v) is 13.2. The van der Waals surface area contributed by atoms with Crippen LogP contribution in [0.1, 0.15) is 37.7 Å². The van der Waals surface area contributed by atoms with Gasteiger partial charge in [0.25, 0.3) is 0 Å². The zero-order valence-electron chi connectivity index (χ0n) is 13.2. The van der Waals surface area contributed by atoms with Crippen LogP contribution in [0.15, 0.2) is 42.5 Å². The lowest BCUT2D eigenvalue weighted by Crippen LogP contribution is -2.30. The fourth-order valence-electron chi connectivity index (χ4n) is 1.84. The third kappa shape index (κ3) is 4.68. The molecule has 0 amide bonds. The summed E-state index contributed by atoms with van der Waals surface area (Å²) < 4.78 is 13.5. The van der Waals surface area contributed by atoms with E-state index in [1.165, 1.54) is 6.07 Å². The minimum Gasteiger partial charge on any atom is -0.308 e. The lowest BCUT2D eigenvalue weighted by atomic mass is 10.1. The monoisotopic (exact) mass is 296 g/mol. The van der Waals surface area contributed by atoms with Gasteiger partial charge in [0.15, 0.2) is 0 Å². The van der Waals surface area contributed by atoms with Crippen molar-refractivity contribution in [3.8, 4) is 11.8 Å². The molecule has 0 radical (unpaired) electrons. The van der Waals surface area contributed by atoms with Crippen molar-refractivity contribution in [2.75, 3.05) is 0 Å². The first-order chi connectivity index (χ1) is 10.6. The number of nitrogens with zero attached hydrogens (tertiary/aromatic N) is 1. The average molecular weight is 296 g/mol. The Kier molecular flexibility index (Phi) is 5.68. The van der Waals surface area contributed by atoms with Crippen LogP contribution >= 0.6 is 0 Å². The van der Waals surface area contributed by atoms with E-state index in [0.717, 1.165) is 5.69 Å². The molecule has 0 aliphatic rings. The third-order valence-electron chi connectivity index (χ3n) is 3.61. The maximum Gasteiger partial charge on any atom is 0.138 e. The Morgan fingerprint density at radius 2 is 1.82 bits per heavy atom. The number of rotatable bonds is 4. The van der Waals surface area contributed by atoms with Crippen molar-refractivity contribution in [3.05, 3.63) is 65.2 Å². The number of pyridine rings is 1. The summed E-state index contributed by atoms with van der Waals surface area (Å²) in [6.07, 6.45) is 0. The molecule has 1 aromatic carbocycles. The van der Waals surface area contributed by atoms with Gasteiger partial charge in [-0.15, -0.1) is 0 Å². The first kappa shape index (κ1) is 16.2. The zero-order chi connectivity index (χ0) is 15.9. The molecule has 2 rings (SSSR count). The van der Waals surface area contributed by atoms with Crippen molar-refractivity contribution < 1.29 is 4.39 Å². The molecule has 0 saturated heterocycles. The van der Waals surface area contributed by atoms with Crippen molar-refractivity contribution in [1.29, 1.82) is 0 Å². The van der Waals surface area contributed by atoms with Crippen LogP contribution in [0.3, 0.4) is 0 Å². The summed E-state index contributed by atoms with van der Waals surface area (Å²) in [5.41, 5.74) is 1.98. The highest BCUT2D eigenvalue weighted by Gasteiger charge is 2.06. The molecule has 114 valence electrons. The van der Waals surface area contributed by atoms with Crippen LogP contribution in [0.5, 0.6) is 0 Å². The average Bonchev–Trinajstić information content (AvgIpc) is 2.52. The van der Waals surface area contributed by atoms with Crippen LogP contribution in [0, 0.1) is 23.6 Å². The van der Waals surface area contributed by atoms with Gasteiger partial charge >= 0.3 is 0 Å². The predicted molar refractivity (Wildman–Crippen MR) is 87.8 cm³/mol. The molecule has 1 N–H and O–H groups in total. The van der Waals surface area contributed by atoms with Gasteiger partial charge in [0, 0.05) is 12.6 Å². The standard InChI is InChI=1S/C19H21FN2/c1-14(2)15(3)21-13-18-9-6-8-17(22-18)12-11-16-7-4-5-10-19(16)20/h4-10,14-15,21H,13H2,1-3H3/t15-/m1/s1. The van der Waals surface area contributed by atoms with E-state index in [2.05, 4.69) is 42.9 Å². The number of aromatic nitrogens is 1. The summed E-state index contributed by atoms with van der Waals surface area (Å²) in [4.78, 5) is 4.49. The second-order valence-corrected chi connectivity index (χ2v) is 5.66. The van der Waals surface area contributed by atoms with E-state index in [4.69, 9.17) is 0 Å². The summed E-state index contributed by atoms with van der Waals surface area (Å²) in [5.74, 6) is 6.02. The molecule has 0 unspecified atom stereocenters. The Hall–Kier alpha value is -2.18. The number of halogens is 1. The van der Waals surface area contributed by atoms with Crippen LogP contribution in [0.2, 0.25) is 0 Å². The molecule has 0 aliphatic heterocycles. The number of hydrogen-bond acceptors (Lipinski definition) is 2. The van der Waals surface area contributed by atoms with Crippen LogP contribution in [-0.4, -0.2) is 11.0 Å². The number of benzene rings is 1. The summed E-state index contributed by atoms with van der Waals surface area (Å²) in [7, 11) is 0. The molecule has 1 aromatic heterocycles. The van der Waals surface area contributed by atoms with Gasteiger partial charge in [-0.2, -0.15) is 0 Å². The van der Waals surface area contributed by atoms with Gasteiger partial charge in [-0.05, 0) is 43.0 Å². The quantitative estimate of drug-likeness (QED) is 0.869. The molecule has 22 heavy (non-hydrogen) atoms. The smallest absolute Gasteiger partial charge is 0.138 e. The molecule has 0 spiro atoms. The minimum absolute atomic E-state index is 0.307. The van der Waals surface area contributed by atoms with Gasteiger partial charge < -0.3 is 5.32 Å². The molecular weight excluding hydrogens is 275 g/mol. The maximum absolute atomic E-state index is 13.5.